The van der Waals surface area contributed by atoms with Crippen molar-refractivity contribution in [3.05, 3.63) is 68.7 Å². The number of aliphatic hydroxyl groups is 1. The van der Waals surface area contributed by atoms with Gasteiger partial charge in [-0.3, -0.25) is 0 Å². The van der Waals surface area contributed by atoms with Gasteiger partial charge in [-0.2, -0.15) is 0 Å². The van der Waals surface area contributed by atoms with Gasteiger partial charge in [-0.15, -0.1) is 0 Å². The van der Waals surface area contributed by atoms with E-state index in [1.165, 1.54) is 31.2 Å². The second kappa shape index (κ2) is 5.45. The number of halogens is 4. The average molecular weight is 303 g/mol. The first-order valence-corrected chi connectivity index (χ1v) is 6.25. The van der Waals surface area contributed by atoms with Crippen molar-refractivity contribution in [3.8, 4) is 0 Å². The van der Waals surface area contributed by atoms with E-state index in [-0.39, 0.29) is 21.2 Å². The number of aryl methyl sites for hydroxylation is 1. The summed E-state index contributed by atoms with van der Waals surface area (Å²) < 4.78 is 27.1. The molecule has 0 bridgehead atoms. The van der Waals surface area contributed by atoms with Crippen molar-refractivity contribution in [1.29, 1.82) is 0 Å². The zero-order valence-electron chi connectivity index (χ0n) is 9.92. The van der Waals surface area contributed by atoms with Crippen LogP contribution in [0.1, 0.15) is 22.8 Å². The highest BCUT2D eigenvalue weighted by Crippen LogP contribution is 2.33. The van der Waals surface area contributed by atoms with Crippen LogP contribution in [0.2, 0.25) is 10.0 Å². The molecule has 0 aliphatic carbocycles. The molecule has 2 rings (SSSR count). The van der Waals surface area contributed by atoms with Crippen molar-refractivity contribution in [3.63, 3.8) is 0 Å². The van der Waals surface area contributed by atoms with E-state index in [0.29, 0.717) is 5.56 Å². The Balaban J connectivity index is 2.53. The van der Waals surface area contributed by atoms with Gasteiger partial charge in [0.2, 0.25) is 0 Å². The Labute approximate surface area is 119 Å². The van der Waals surface area contributed by atoms with Crippen LogP contribution in [0.5, 0.6) is 0 Å². The Bertz CT molecular complexity index is 629. The number of rotatable bonds is 2. The normalized spacial score (nSPS) is 12.5. The SMILES string of the molecule is Cc1cc(C(O)c2cccc(Cl)c2F)c(Cl)cc1F. The molecule has 2 aromatic carbocycles. The molecule has 5 heteroatoms. The summed E-state index contributed by atoms with van der Waals surface area (Å²) in [5.41, 5.74) is 0.558. The standard InChI is InChI=1S/C14H10Cl2F2O/c1-7-5-9(11(16)6-12(7)17)14(19)8-3-2-4-10(15)13(8)18/h2-6,14,19H,1H3. The van der Waals surface area contributed by atoms with Crippen LogP contribution in [-0.2, 0) is 0 Å². The molecule has 0 heterocycles. The minimum Gasteiger partial charge on any atom is -0.383 e. The zero-order valence-corrected chi connectivity index (χ0v) is 11.4. The molecule has 2 aromatic rings. The molecule has 0 aliphatic rings. The summed E-state index contributed by atoms with van der Waals surface area (Å²) in [6, 6.07) is 6.79. The molecule has 1 atom stereocenters. The molecule has 1 N–H and O–H groups in total. The van der Waals surface area contributed by atoms with E-state index in [2.05, 4.69) is 0 Å². The van der Waals surface area contributed by atoms with Gasteiger partial charge in [-0.1, -0.05) is 35.3 Å². The Hall–Kier alpha value is -1.16. The van der Waals surface area contributed by atoms with E-state index in [0.717, 1.165) is 6.07 Å². The summed E-state index contributed by atoms with van der Waals surface area (Å²) in [6.07, 6.45) is -1.30. The molecule has 0 radical (unpaired) electrons. The molecule has 0 aliphatic heterocycles. The van der Waals surface area contributed by atoms with Crippen molar-refractivity contribution in [2.24, 2.45) is 0 Å². The van der Waals surface area contributed by atoms with Gasteiger partial charge in [0.1, 0.15) is 17.7 Å². The third-order valence-corrected chi connectivity index (χ3v) is 3.47. The van der Waals surface area contributed by atoms with Crippen molar-refractivity contribution < 1.29 is 13.9 Å². The molecule has 0 aromatic heterocycles. The highest BCUT2D eigenvalue weighted by molar-refractivity contribution is 6.31. The van der Waals surface area contributed by atoms with Gasteiger partial charge in [0.15, 0.2) is 0 Å². The van der Waals surface area contributed by atoms with Gasteiger partial charge in [-0.25, -0.2) is 8.78 Å². The van der Waals surface area contributed by atoms with Gasteiger partial charge in [0.25, 0.3) is 0 Å². The van der Waals surface area contributed by atoms with Crippen molar-refractivity contribution in [2.45, 2.75) is 13.0 Å². The predicted octanol–water partition coefficient (Wildman–Crippen LogP) is 4.66. The maximum atomic E-state index is 13.8. The van der Waals surface area contributed by atoms with Crippen LogP contribution in [0.3, 0.4) is 0 Å². The summed E-state index contributed by atoms with van der Waals surface area (Å²) in [4.78, 5) is 0. The molecule has 100 valence electrons. The fraction of sp³-hybridized carbons (Fsp3) is 0.143. The van der Waals surface area contributed by atoms with Crippen LogP contribution in [0.4, 0.5) is 8.78 Å². The van der Waals surface area contributed by atoms with E-state index in [1.54, 1.807) is 0 Å². The lowest BCUT2D eigenvalue weighted by Gasteiger charge is -2.15. The van der Waals surface area contributed by atoms with Crippen molar-refractivity contribution >= 4 is 23.2 Å². The molecule has 0 saturated carbocycles. The summed E-state index contributed by atoms with van der Waals surface area (Å²) >= 11 is 11.5. The maximum Gasteiger partial charge on any atom is 0.147 e. The highest BCUT2D eigenvalue weighted by Gasteiger charge is 2.20. The van der Waals surface area contributed by atoms with Crippen molar-refractivity contribution in [1.82, 2.24) is 0 Å². The largest absolute Gasteiger partial charge is 0.383 e. The van der Waals surface area contributed by atoms with Crippen LogP contribution >= 0.6 is 23.2 Å². The Morgan fingerprint density at radius 2 is 1.74 bits per heavy atom. The monoisotopic (exact) mass is 302 g/mol. The van der Waals surface area contributed by atoms with Gasteiger partial charge in [-0.05, 0) is 30.7 Å². The fourth-order valence-electron chi connectivity index (χ4n) is 1.79. The molecule has 1 unspecified atom stereocenters. The molecule has 0 spiro atoms. The first kappa shape index (κ1) is 14.3. The maximum absolute atomic E-state index is 13.8. The third-order valence-electron chi connectivity index (χ3n) is 2.85. The van der Waals surface area contributed by atoms with Gasteiger partial charge in [0.05, 0.1) is 5.02 Å². The average Bonchev–Trinajstić information content (AvgIpc) is 2.36. The van der Waals surface area contributed by atoms with Crippen LogP contribution in [0, 0.1) is 18.6 Å². The first-order valence-electron chi connectivity index (χ1n) is 5.49. The van der Waals surface area contributed by atoms with E-state index >= 15 is 0 Å². The number of benzene rings is 2. The summed E-state index contributed by atoms with van der Waals surface area (Å²) in [5, 5.41) is 10.1. The van der Waals surface area contributed by atoms with E-state index in [1.807, 2.05) is 0 Å². The Kier molecular flexibility index (Phi) is 4.09. The van der Waals surface area contributed by atoms with Gasteiger partial charge >= 0.3 is 0 Å². The zero-order chi connectivity index (χ0) is 14.2. The van der Waals surface area contributed by atoms with Crippen LogP contribution in [0.15, 0.2) is 30.3 Å². The van der Waals surface area contributed by atoms with E-state index < -0.39 is 17.7 Å². The molecule has 19 heavy (non-hydrogen) atoms. The lowest BCUT2D eigenvalue weighted by molar-refractivity contribution is 0.215. The molecule has 0 saturated heterocycles. The molecule has 0 amide bonds. The summed E-state index contributed by atoms with van der Waals surface area (Å²) in [5.74, 6) is -1.19. The Morgan fingerprint density at radius 3 is 2.42 bits per heavy atom. The van der Waals surface area contributed by atoms with Crippen LogP contribution in [-0.4, -0.2) is 5.11 Å². The second-order valence-electron chi connectivity index (χ2n) is 4.17. The minimum absolute atomic E-state index is 0.000378. The van der Waals surface area contributed by atoms with Gasteiger partial charge < -0.3 is 5.11 Å². The number of hydrogen-bond donors (Lipinski definition) is 1. The van der Waals surface area contributed by atoms with E-state index in [9.17, 15) is 13.9 Å². The van der Waals surface area contributed by atoms with E-state index in [4.69, 9.17) is 23.2 Å². The number of aliphatic hydroxyl groups excluding tert-OH is 1. The number of hydrogen-bond acceptors (Lipinski definition) is 1. The second-order valence-corrected chi connectivity index (χ2v) is 4.98. The van der Waals surface area contributed by atoms with Crippen molar-refractivity contribution in [2.75, 3.05) is 0 Å². The topological polar surface area (TPSA) is 20.2 Å². The molecular weight excluding hydrogens is 293 g/mol. The Morgan fingerprint density at radius 1 is 1.05 bits per heavy atom. The predicted molar refractivity (Wildman–Crippen MR) is 71.6 cm³/mol. The summed E-state index contributed by atoms with van der Waals surface area (Å²) in [7, 11) is 0. The highest BCUT2D eigenvalue weighted by atomic mass is 35.5. The third kappa shape index (κ3) is 2.73. The minimum atomic E-state index is -1.30. The summed E-state index contributed by atoms with van der Waals surface area (Å²) in [6.45, 7) is 1.54. The van der Waals surface area contributed by atoms with Crippen LogP contribution in [0.25, 0.3) is 0 Å². The lowest BCUT2D eigenvalue weighted by Crippen LogP contribution is -2.05. The fourth-order valence-corrected chi connectivity index (χ4v) is 2.22. The lowest BCUT2D eigenvalue weighted by atomic mass is 9.99. The molecule has 0 fully saturated rings. The quantitative estimate of drug-likeness (QED) is 0.855. The molecule has 1 nitrogen and oxygen atoms in total. The van der Waals surface area contributed by atoms with Crippen LogP contribution < -0.4 is 0 Å². The molecular formula is C14H10Cl2F2O. The van der Waals surface area contributed by atoms with Gasteiger partial charge in [0, 0.05) is 16.1 Å². The first-order chi connectivity index (χ1) is 8.91. The smallest absolute Gasteiger partial charge is 0.147 e.